The molecule has 2 aromatic heterocycles. The zero-order valence-corrected chi connectivity index (χ0v) is 19.0. The third-order valence-corrected chi connectivity index (χ3v) is 6.97. The fraction of sp³-hybridized carbons (Fsp3) is 0.435. The quantitative estimate of drug-likeness (QED) is 0.485. The third kappa shape index (κ3) is 4.79. The number of hydrogen-bond acceptors (Lipinski definition) is 6. The van der Waals surface area contributed by atoms with Crippen molar-refractivity contribution in [2.24, 2.45) is 5.92 Å². The Hall–Kier alpha value is -2.74. The first-order chi connectivity index (χ1) is 15.1. The molecular formula is C23H28N4O3S. The van der Waals surface area contributed by atoms with Gasteiger partial charge in [0, 0.05) is 18.7 Å². The maximum absolute atomic E-state index is 13.2. The lowest BCUT2D eigenvalue weighted by Gasteiger charge is -2.25. The highest BCUT2D eigenvalue weighted by molar-refractivity contribution is 8.00. The molecule has 4 rings (SSSR count). The van der Waals surface area contributed by atoms with E-state index in [9.17, 15) is 4.79 Å². The maximum atomic E-state index is 13.2. The van der Waals surface area contributed by atoms with Gasteiger partial charge in [-0.25, -0.2) is 0 Å². The van der Waals surface area contributed by atoms with Crippen LogP contribution in [0, 0.1) is 5.92 Å². The summed E-state index contributed by atoms with van der Waals surface area (Å²) in [4.78, 5) is 15.2. The molecule has 164 valence electrons. The summed E-state index contributed by atoms with van der Waals surface area (Å²) in [6, 6.07) is 11.5. The largest absolute Gasteiger partial charge is 0.497 e. The fourth-order valence-electron chi connectivity index (χ4n) is 3.73. The van der Waals surface area contributed by atoms with Crippen LogP contribution in [0.2, 0.25) is 0 Å². The number of aromatic nitrogens is 3. The SMILES string of the molecule is COc1ccc(-c2nnc(SC(C(=O)N3CCCC3)C(C)C)n2Cc2ccco2)cc1. The van der Waals surface area contributed by atoms with Crippen LogP contribution in [0.3, 0.4) is 0 Å². The Morgan fingerprint density at radius 1 is 1.16 bits per heavy atom. The van der Waals surface area contributed by atoms with E-state index >= 15 is 0 Å². The average Bonchev–Trinajstić information content (AvgIpc) is 3.54. The first kappa shape index (κ1) is 21.5. The second-order valence-electron chi connectivity index (χ2n) is 8.02. The smallest absolute Gasteiger partial charge is 0.236 e. The molecule has 3 heterocycles. The molecule has 8 heteroatoms. The number of thioether (sulfide) groups is 1. The normalized spacial score (nSPS) is 14.9. The molecule has 1 aliphatic rings. The highest BCUT2D eigenvalue weighted by Crippen LogP contribution is 2.33. The van der Waals surface area contributed by atoms with E-state index in [0.29, 0.717) is 11.7 Å². The molecule has 1 unspecified atom stereocenters. The Morgan fingerprint density at radius 2 is 1.90 bits per heavy atom. The number of benzene rings is 1. The van der Waals surface area contributed by atoms with Gasteiger partial charge in [0.2, 0.25) is 5.91 Å². The number of carbonyl (C=O) groups is 1. The predicted octanol–water partition coefficient (Wildman–Crippen LogP) is 4.33. The van der Waals surface area contributed by atoms with Crippen LogP contribution in [-0.2, 0) is 11.3 Å². The van der Waals surface area contributed by atoms with Gasteiger partial charge in [-0.3, -0.25) is 9.36 Å². The molecule has 0 N–H and O–H groups in total. The van der Waals surface area contributed by atoms with Crippen molar-refractivity contribution in [1.29, 1.82) is 0 Å². The summed E-state index contributed by atoms with van der Waals surface area (Å²) in [6.45, 7) is 6.36. The van der Waals surface area contributed by atoms with Crippen LogP contribution in [-0.4, -0.2) is 51.0 Å². The van der Waals surface area contributed by atoms with Gasteiger partial charge in [-0.1, -0.05) is 25.6 Å². The lowest BCUT2D eigenvalue weighted by Crippen LogP contribution is -2.38. The van der Waals surface area contributed by atoms with Crippen molar-refractivity contribution in [3.8, 4) is 17.1 Å². The van der Waals surface area contributed by atoms with Crippen molar-refractivity contribution in [2.75, 3.05) is 20.2 Å². The van der Waals surface area contributed by atoms with E-state index in [1.54, 1.807) is 13.4 Å². The molecule has 1 atom stereocenters. The van der Waals surface area contributed by atoms with E-state index in [-0.39, 0.29) is 17.1 Å². The Labute approximate surface area is 186 Å². The zero-order chi connectivity index (χ0) is 21.8. The Bertz CT molecular complexity index is 993. The maximum Gasteiger partial charge on any atom is 0.236 e. The number of furan rings is 1. The second kappa shape index (κ2) is 9.60. The van der Waals surface area contributed by atoms with E-state index in [2.05, 4.69) is 24.0 Å². The van der Waals surface area contributed by atoms with E-state index in [1.807, 2.05) is 45.9 Å². The molecule has 1 saturated heterocycles. The van der Waals surface area contributed by atoms with Crippen molar-refractivity contribution < 1.29 is 13.9 Å². The minimum absolute atomic E-state index is 0.177. The predicted molar refractivity (Wildman–Crippen MR) is 120 cm³/mol. The van der Waals surface area contributed by atoms with E-state index < -0.39 is 0 Å². The summed E-state index contributed by atoms with van der Waals surface area (Å²) in [6.07, 6.45) is 3.82. The van der Waals surface area contributed by atoms with Gasteiger partial charge >= 0.3 is 0 Å². The van der Waals surface area contributed by atoms with Gasteiger partial charge < -0.3 is 14.1 Å². The van der Waals surface area contributed by atoms with Crippen molar-refractivity contribution in [2.45, 2.75) is 43.6 Å². The number of carbonyl (C=O) groups excluding carboxylic acids is 1. The van der Waals surface area contributed by atoms with Crippen LogP contribution in [0.25, 0.3) is 11.4 Å². The summed E-state index contributed by atoms with van der Waals surface area (Å²) in [5.74, 6) is 2.69. The molecule has 1 fully saturated rings. The molecule has 0 bridgehead atoms. The highest BCUT2D eigenvalue weighted by Gasteiger charge is 2.32. The third-order valence-electron chi connectivity index (χ3n) is 5.46. The number of rotatable bonds is 8. The molecule has 0 radical (unpaired) electrons. The van der Waals surface area contributed by atoms with Crippen LogP contribution in [0.15, 0.2) is 52.2 Å². The minimum Gasteiger partial charge on any atom is -0.497 e. The molecule has 1 aromatic carbocycles. The standard InChI is InChI=1S/C23H28N4O3S/c1-16(2)20(22(28)26-12-4-5-13-26)31-23-25-24-21(17-8-10-18(29-3)11-9-17)27(23)15-19-7-6-14-30-19/h6-11,14,16,20H,4-5,12-13,15H2,1-3H3. The van der Waals surface area contributed by atoms with Gasteiger partial charge in [0.1, 0.15) is 11.5 Å². The van der Waals surface area contributed by atoms with Crippen molar-refractivity contribution >= 4 is 17.7 Å². The summed E-state index contributed by atoms with van der Waals surface area (Å²) in [7, 11) is 1.65. The van der Waals surface area contributed by atoms with E-state index in [4.69, 9.17) is 9.15 Å². The molecule has 0 spiro atoms. The highest BCUT2D eigenvalue weighted by atomic mass is 32.2. The molecule has 3 aromatic rings. The second-order valence-corrected chi connectivity index (χ2v) is 9.12. The lowest BCUT2D eigenvalue weighted by atomic mass is 10.1. The molecule has 1 aliphatic heterocycles. The number of hydrogen-bond donors (Lipinski definition) is 0. The van der Waals surface area contributed by atoms with Gasteiger partial charge in [-0.05, 0) is 55.2 Å². The molecule has 7 nitrogen and oxygen atoms in total. The molecule has 0 saturated carbocycles. The van der Waals surface area contributed by atoms with Gasteiger partial charge in [0.25, 0.3) is 0 Å². The Kier molecular flexibility index (Phi) is 6.65. The average molecular weight is 441 g/mol. The van der Waals surface area contributed by atoms with Gasteiger partial charge in [-0.2, -0.15) is 0 Å². The summed E-state index contributed by atoms with van der Waals surface area (Å²) >= 11 is 1.50. The van der Waals surface area contributed by atoms with E-state index in [0.717, 1.165) is 48.8 Å². The van der Waals surface area contributed by atoms with Crippen molar-refractivity contribution in [1.82, 2.24) is 19.7 Å². The number of nitrogens with zero attached hydrogens (tertiary/aromatic N) is 4. The van der Waals surface area contributed by atoms with Crippen molar-refractivity contribution in [3.05, 3.63) is 48.4 Å². The van der Waals surface area contributed by atoms with Crippen LogP contribution in [0.5, 0.6) is 5.75 Å². The van der Waals surface area contributed by atoms with E-state index in [1.165, 1.54) is 11.8 Å². The molecule has 0 aliphatic carbocycles. The van der Waals surface area contributed by atoms with Crippen molar-refractivity contribution in [3.63, 3.8) is 0 Å². The zero-order valence-electron chi connectivity index (χ0n) is 18.2. The first-order valence-electron chi connectivity index (χ1n) is 10.6. The molecule has 31 heavy (non-hydrogen) atoms. The number of methoxy groups -OCH3 is 1. The van der Waals surface area contributed by atoms with Gasteiger partial charge in [0.15, 0.2) is 11.0 Å². The van der Waals surface area contributed by atoms with Crippen LogP contribution < -0.4 is 4.74 Å². The Morgan fingerprint density at radius 3 is 2.52 bits per heavy atom. The minimum atomic E-state index is -0.207. The lowest BCUT2D eigenvalue weighted by molar-refractivity contribution is -0.130. The van der Waals surface area contributed by atoms with Crippen LogP contribution >= 0.6 is 11.8 Å². The number of amides is 1. The first-order valence-corrected chi connectivity index (χ1v) is 11.5. The number of likely N-dealkylation sites (tertiary alicyclic amines) is 1. The summed E-state index contributed by atoms with van der Waals surface area (Å²) in [5, 5.41) is 9.46. The Balaban J connectivity index is 1.66. The summed E-state index contributed by atoms with van der Waals surface area (Å²) in [5.41, 5.74) is 0.929. The monoisotopic (exact) mass is 440 g/mol. The molecule has 1 amide bonds. The fourth-order valence-corrected chi connectivity index (χ4v) is 4.85. The molecular weight excluding hydrogens is 412 g/mol. The van der Waals surface area contributed by atoms with Gasteiger partial charge in [-0.15, -0.1) is 10.2 Å². The van der Waals surface area contributed by atoms with Gasteiger partial charge in [0.05, 0.1) is 25.2 Å². The summed E-state index contributed by atoms with van der Waals surface area (Å²) < 4.78 is 12.9. The number of ether oxygens (including phenoxy) is 1. The topological polar surface area (TPSA) is 73.4 Å². The van der Waals surface area contributed by atoms with Crippen LogP contribution in [0.1, 0.15) is 32.4 Å². The van der Waals surface area contributed by atoms with Crippen LogP contribution in [0.4, 0.5) is 0 Å².